The molecule has 5 rings (SSSR count). The van der Waals surface area contributed by atoms with Crippen molar-refractivity contribution in [1.82, 2.24) is 14.8 Å². The minimum absolute atomic E-state index is 0.119. The maximum absolute atomic E-state index is 14.4. The Kier molecular flexibility index (Phi) is 5.45. The first-order valence-electron chi connectivity index (χ1n) is 11.4. The summed E-state index contributed by atoms with van der Waals surface area (Å²) in [6, 6.07) is 7.80. The maximum atomic E-state index is 14.4. The fourth-order valence-electron chi connectivity index (χ4n) is 5.52. The van der Waals surface area contributed by atoms with Gasteiger partial charge in [0.1, 0.15) is 0 Å². The normalized spacial score (nSPS) is 20.5. The number of aliphatic carboxylic acids is 1. The molecule has 2 heterocycles. The number of carbonyl (C=O) groups is 1. The van der Waals surface area contributed by atoms with Gasteiger partial charge in [-0.05, 0) is 48.6 Å². The number of aromatic amines is 1. The van der Waals surface area contributed by atoms with Crippen molar-refractivity contribution in [2.75, 3.05) is 20.8 Å². The first-order chi connectivity index (χ1) is 16.6. The number of ether oxygens (including phenoxy) is 2. The summed E-state index contributed by atoms with van der Waals surface area (Å²) >= 11 is 0. The molecular weight excluding hydrogens is 456 g/mol. The molecule has 184 valence electrons. The van der Waals surface area contributed by atoms with Gasteiger partial charge in [-0.25, -0.2) is 13.6 Å². The molecule has 1 fully saturated rings. The second-order valence-corrected chi connectivity index (χ2v) is 9.95. The Morgan fingerprint density at radius 3 is 2.60 bits per heavy atom. The number of carboxylic acids is 1. The number of carboxylic acid groups (broad SMARTS) is 1. The molecule has 35 heavy (non-hydrogen) atoms. The number of methoxy groups -OCH3 is 2. The lowest BCUT2D eigenvalue weighted by Gasteiger charge is -2.44. The molecule has 0 aliphatic heterocycles. The minimum Gasteiger partial charge on any atom is -0.479 e. The number of hydrogen-bond donors (Lipinski definition) is 2. The Balaban J connectivity index is 1.85. The van der Waals surface area contributed by atoms with E-state index in [0.29, 0.717) is 25.1 Å². The van der Waals surface area contributed by atoms with Crippen LogP contribution < -0.4 is 0 Å². The van der Waals surface area contributed by atoms with E-state index in [1.165, 1.54) is 13.2 Å². The molecule has 1 aliphatic rings. The lowest BCUT2D eigenvalue weighted by Crippen LogP contribution is -2.51. The molecule has 2 aromatic heterocycles. The van der Waals surface area contributed by atoms with Crippen molar-refractivity contribution in [1.29, 1.82) is 0 Å². The SMILES string of the molecule is COCC(C)(C)c1c([C@H]2C[C@](OC)(C(=O)O)C2)c2cc3[nH]ncc3cc2n1-c1ccc(F)c(F)c1. The second-order valence-electron chi connectivity index (χ2n) is 9.95. The van der Waals surface area contributed by atoms with Gasteiger partial charge in [-0.15, -0.1) is 0 Å². The largest absolute Gasteiger partial charge is 0.479 e. The monoisotopic (exact) mass is 483 g/mol. The van der Waals surface area contributed by atoms with Crippen LogP contribution in [0.4, 0.5) is 8.78 Å². The highest BCUT2D eigenvalue weighted by molar-refractivity contribution is 5.99. The van der Waals surface area contributed by atoms with Crippen molar-refractivity contribution >= 4 is 27.8 Å². The molecule has 0 radical (unpaired) electrons. The van der Waals surface area contributed by atoms with Gasteiger partial charge in [0, 0.05) is 47.9 Å². The zero-order valence-corrected chi connectivity index (χ0v) is 20.0. The Morgan fingerprint density at radius 1 is 1.23 bits per heavy atom. The lowest BCUT2D eigenvalue weighted by atomic mass is 9.65. The van der Waals surface area contributed by atoms with E-state index in [9.17, 15) is 18.7 Å². The summed E-state index contributed by atoms with van der Waals surface area (Å²) in [7, 11) is 3.03. The molecule has 1 aliphatic carbocycles. The number of halogens is 2. The number of nitrogens with one attached hydrogen (secondary N) is 1. The lowest BCUT2D eigenvalue weighted by molar-refractivity contribution is -0.175. The van der Waals surface area contributed by atoms with Gasteiger partial charge in [-0.3, -0.25) is 5.10 Å². The van der Waals surface area contributed by atoms with E-state index in [-0.39, 0.29) is 5.92 Å². The van der Waals surface area contributed by atoms with Crippen molar-refractivity contribution in [3.05, 3.63) is 59.4 Å². The van der Waals surface area contributed by atoms with Crippen LogP contribution in [0.3, 0.4) is 0 Å². The molecule has 0 bridgehead atoms. The fourth-order valence-corrected chi connectivity index (χ4v) is 5.52. The van der Waals surface area contributed by atoms with Gasteiger partial charge in [0.25, 0.3) is 0 Å². The number of H-pyrrole nitrogens is 1. The molecule has 0 atom stereocenters. The first-order valence-corrected chi connectivity index (χ1v) is 11.4. The van der Waals surface area contributed by atoms with Gasteiger partial charge in [0.2, 0.25) is 0 Å². The van der Waals surface area contributed by atoms with Crippen LogP contribution in [0.2, 0.25) is 0 Å². The van der Waals surface area contributed by atoms with Crippen LogP contribution >= 0.6 is 0 Å². The van der Waals surface area contributed by atoms with Gasteiger partial charge in [-0.1, -0.05) is 13.8 Å². The summed E-state index contributed by atoms with van der Waals surface area (Å²) < 4.78 is 41.2. The van der Waals surface area contributed by atoms with Crippen LogP contribution in [0.5, 0.6) is 0 Å². The molecule has 9 heteroatoms. The molecule has 0 saturated heterocycles. The number of hydrogen-bond acceptors (Lipinski definition) is 4. The standard InChI is InChI=1S/C26H27F2N3O4/c1-25(2,13-34-3)23-22(15-10-26(11-15,35-4)24(32)33)17-9-20-14(12-29-30-20)7-21(17)31(23)16-5-6-18(27)19(28)8-16/h5-9,12,15H,10-11,13H2,1-4H3,(H,29,30)(H,32,33)/t15-,26+. The fraction of sp³-hybridized carbons (Fsp3) is 0.385. The van der Waals surface area contributed by atoms with Crippen LogP contribution in [-0.4, -0.2) is 52.3 Å². The van der Waals surface area contributed by atoms with Gasteiger partial charge < -0.3 is 19.1 Å². The number of fused-ring (bicyclic) bond motifs is 2. The van der Waals surface area contributed by atoms with Crippen molar-refractivity contribution in [2.24, 2.45) is 0 Å². The van der Waals surface area contributed by atoms with Crippen molar-refractivity contribution in [2.45, 2.75) is 43.6 Å². The molecule has 2 N–H and O–H groups in total. The summed E-state index contributed by atoms with van der Waals surface area (Å²) in [6.45, 7) is 4.41. The molecule has 1 saturated carbocycles. The van der Waals surface area contributed by atoms with Gasteiger partial charge in [0.15, 0.2) is 17.2 Å². The summed E-state index contributed by atoms with van der Waals surface area (Å²) in [5.41, 5.74) is 2.12. The highest BCUT2D eigenvalue weighted by atomic mass is 19.2. The van der Waals surface area contributed by atoms with Crippen molar-refractivity contribution < 1.29 is 28.2 Å². The van der Waals surface area contributed by atoms with Gasteiger partial charge in [-0.2, -0.15) is 5.10 Å². The molecule has 4 aromatic rings. The number of nitrogens with zero attached hydrogens (tertiary/aromatic N) is 2. The van der Waals surface area contributed by atoms with Crippen LogP contribution in [0, 0.1) is 11.6 Å². The van der Waals surface area contributed by atoms with Crippen LogP contribution in [0.25, 0.3) is 27.5 Å². The number of benzene rings is 2. The van der Waals surface area contributed by atoms with E-state index in [0.717, 1.165) is 39.1 Å². The second kappa shape index (κ2) is 8.13. The van der Waals surface area contributed by atoms with E-state index in [1.54, 1.807) is 19.4 Å². The molecule has 2 aromatic carbocycles. The highest BCUT2D eigenvalue weighted by Crippen LogP contribution is 2.53. The summed E-state index contributed by atoms with van der Waals surface area (Å²) in [5, 5.41) is 18.7. The quantitative estimate of drug-likeness (QED) is 0.384. The van der Waals surface area contributed by atoms with Crippen molar-refractivity contribution in [3.63, 3.8) is 0 Å². The topological polar surface area (TPSA) is 89.4 Å². The molecule has 0 amide bonds. The number of aromatic nitrogens is 3. The minimum atomic E-state index is -1.25. The Labute approximate surface area is 200 Å². The van der Waals surface area contributed by atoms with Gasteiger partial charge in [0.05, 0.1) is 23.8 Å². The first kappa shape index (κ1) is 23.4. The molecule has 0 unspecified atom stereocenters. The third kappa shape index (κ3) is 3.52. The zero-order valence-electron chi connectivity index (χ0n) is 20.0. The maximum Gasteiger partial charge on any atom is 0.335 e. The van der Waals surface area contributed by atoms with Crippen molar-refractivity contribution in [3.8, 4) is 5.69 Å². The number of rotatable bonds is 7. The van der Waals surface area contributed by atoms with E-state index < -0.39 is 28.6 Å². The molecular formula is C26H27F2N3O4. The average molecular weight is 484 g/mol. The third-order valence-electron chi connectivity index (χ3n) is 7.21. The van der Waals surface area contributed by atoms with E-state index in [1.807, 2.05) is 30.5 Å². The summed E-state index contributed by atoms with van der Waals surface area (Å²) in [4.78, 5) is 12.0. The van der Waals surface area contributed by atoms with E-state index >= 15 is 0 Å². The Hall–Kier alpha value is -3.30. The smallest absolute Gasteiger partial charge is 0.335 e. The predicted octanol–water partition coefficient (Wildman–Crippen LogP) is 5.06. The van der Waals surface area contributed by atoms with Crippen LogP contribution in [0.1, 0.15) is 43.9 Å². The zero-order chi connectivity index (χ0) is 25.1. The molecule has 7 nitrogen and oxygen atoms in total. The van der Waals surface area contributed by atoms with Gasteiger partial charge >= 0.3 is 5.97 Å². The van der Waals surface area contributed by atoms with Crippen LogP contribution in [-0.2, 0) is 19.7 Å². The molecule has 0 spiro atoms. The van der Waals surface area contributed by atoms with E-state index in [2.05, 4.69) is 10.2 Å². The predicted molar refractivity (Wildman–Crippen MR) is 127 cm³/mol. The summed E-state index contributed by atoms with van der Waals surface area (Å²) in [5.74, 6) is -2.98. The third-order valence-corrected chi connectivity index (χ3v) is 7.21. The Morgan fingerprint density at radius 2 is 1.97 bits per heavy atom. The highest BCUT2D eigenvalue weighted by Gasteiger charge is 2.53. The summed E-state index contributed by atoms with van der Waals surface area (Å²) in [6.07, 6.45) is 2.31. The van der Waals surface area contributed by atoms with E-state index in [4.69, 9.17) is 9.47 Å². The average Bonchev–Trinajstić information content (AvgIpc) is 3.36. The Bertz CT molecular complexity index is 1450. The van der Waals surface area contributed by atoms with Crippen LogP contribution in [0.15, 0.2) is 36.5 Å².